The Morgan fingerprint density at radius 2 is 1.74 bits per heavy atom. The van der Waals surface area contributed by atoms with E-state index in [-0.39, 0.29) is 38.1 Å². The van der Waals surface area contributed by atoms with Crippen LogP contribution in [0, 0.1) is 12.8 Å². The van der Waals surface area contributed by atoms with Crippen LogP contribution in [-0.4, -0.2) is 63.8 Å². The van der Waals surface area contributed by atoms with Gasteiger partial charge in [0.05, 0.1) is 37.1 Å². The molecule has 9 nitrogen and oxygen atoms in total. The van der Waals surface area contributed by atoms with Crippen molar-refractivity contribution in [2.45, 2.75) is 25.9 Å². The SMILES string of the molecule is CNC(C)(C(N)=O)[C@@H]1CN(C(=O)COCCOC)c2ccccc2N(Cc2c(C)ccc3ccccc23)C1=O. The molecule has 0 radical (unpaired) electrons. The number of ether oxygens (including phenoxy) is 2. The van der Waals surface area contributed by atoms with Gasteiger partial charge >= 0.3 is 0 Å². The molecule has 1 heterocycles. The molecule has 3 amide bonds. The lowest BCUT2D eigenvalue weighted by Crippen LogP contribution is -2.63. The van der Waals surface area contributed by atoms with Gasteiger partial charge in [-0.15, -0.1) is 0 Å². The normalized spacial score (nSPS) is 17.0. The Labute approximate surface area is 228 Å². The van der Waals surface area contributed by atoms with Crippen LogP contribution < -0.4 is 20.9 Å². The molecule has 39 heavy (non-hydrogen) atoms. The molecule has 2 atom stereocenters. The number of aryl methyl sites for hydroxylation is 1. The zero-order chi connectivity index (χ0) is 28.2. The highest BCUT2D eigenvalue weighted by Gasteiger charge is 2.48. The van der Waals surface area contributed by atoms with E-state index in [1.54, 1.807) is 26.0 Å². The number of anilines is 2. The van der Waals surface area contributed by atoms with Gasteiger partial charge in [0.1, 0.15) is 12.1 Å². The van der Waals surface area contributed by atoms with Crippen molar-refractivity contribution < 1.29 is 23.9 Å². The zero-order valence-corrected chi connectivity index (χ0v) is 22.9. The first-order valence-electron chi connectivity index (χ1n) is 13.0. The van der Waals surface area contributed by atoms with Crippen LogP contribution in [0.15, 0.2) is 60.7 Å². The molecule has 0 fully saturated rings. The minimum Gasteiger partial charge on any atom is -0.382 e. The van der Waals surface area contributed by atoms with Crippen LogP contribution in [0.3, 0.4) is 0 Å². The average molecular weight is 533 g/mol. The lowest BCUT2D eigenvalue weighted by atomic mass is 9.83. The highest BCUT2D eigenvalue weighted by atomic mass is 16.5. The van der Waals surface area contributed by atoms with E-state index >= 15 is 0 Å². The van der Waals surface area contributed by atoms with Gasteiger partial charge in [-0.05, 0) is 54.9 Å². The largest absolute Gasteiger partial charge is 0.382 e. The Morgan fingerprint density at radius 1 is 1.05 bits per heavy atom. The van der Waals surface area contributed by atoms with Crippen molar-refractivity contribution in [3.63, 3.8) is 0 Å². The maximum atomic E-state index is 14.4. The monoisotopic (exact) mass is 532 g/mol. The number of carbonyl (C=O) groups is 3. The number of fused-ring (bicyclic) bond motifs is 2. The predicted octanol–water partition coefficient (Wildman–Crippen LogP) is 2.77. The topological polar surface area (TPSA) is 114 Å². The van der Waals surface area contributed by atoms with Crippen molar-refractivity contribution in [3.05, 3.63) is 71.8 Å². The van der Waals surface area contributed by atoms with E-state index in [9.17, 15) is 14.4 Å². The van der Waals surface area contributed by atoms with E-state index in [1.165, 1.54) is 4.90 Å². The Bertz CT molecular complexity index is 1380. The number of benzene rings is 3. The van der Waals surface area contributed by atoms with Crippen LogP contribution in [0.1, 0.15) is 18.1 Å². The van der Waals surface area contributed by atoms with E-state index in [4.69, 9.17) is 15.2 Å². The number of likely N-dealkylation sites (N-methyl/N-ethyl adjacent to an activating group) is 1. The van der Waals surface area contributed by atoms with Crippen LogP contribution in [0.5, 0.6) is 0 Å². The number of amides is 3. The number of nitrogens with two attached hydrogens (primary N) is 1. The summed E-state index contributed by atoms with van der Waals surface area (Å²) >= 11 is 0. The average Bonchev–Trinajstić information content (AvgIpc) is 3.06. The third-order valence-electron chi connectivity index (χ3n) is 7.67. The molecule has 9 heteroatoms. The smallest absolute Gasteiger partial charge is 0.253 e. The number of hydrogen-bond donors (Lipinski definition) is 2. The minimum atomic E-state index is -1.42. The van der Waals surface area contributed by atoms with E-state index < -0.39 is 17.4 Å². The van der Waals surface area contributed by atoms with E-state index in [0.717, 1.165) is 21.9 Å². The first kappa shape index (κ1) is 28.2. The number of methoxy groups -OCH3 is 1. The first-order chi connectivity index (χ1) is 18.7. The summed E-state index contributed by atoms with van der Waals surface area (Å²) in [5, 5.41) is 5.07. The number of nitrogens with one attached hydrogen (secondary N) is 1. The number of rotatable bonds is 10. The molecule has 3 aromatic rings. The highest BCUT2D eigenvalue weighted by Crippen LogP contribution is 2.39. The Hall–Kier alpha value is -3.79. The van der Waals surface area contributed by atoms with Gasteiger partial charge in [-0.1, -0.05) is 48.5 Å². The number of para-hydroxylation sites is 2. The van der Waals surface area contributed by atoms with Gasteiger partial charge in [0, 0.05) is 13.7 Å². The van der Waals surface area contributed by atoms with Gasteiger partial charge in [-0.3, -0.25) is 14.4 Å². The van der Waals surface area contributed by atoms with Crippen LogP contribution in [0.25, 0.3) is 10.8 Å². The molecule has 3 aromatic carbocycles. The molecule has 0 saturated heterocycles. The van der Waals surface area contributed by atoms with Crippen LogP contribution in [-0.2, 0) is 30.4 Å². The summed E-state index contributed by atoms with van der Waals surface area (Å²) in [5.74, 6) is -2.28. The molecular formula is C30H36N4O5. The van der Waals surface area contributed by atoms with Crippen LogP contribution >= 0.6 is 0 Å². The molecule has 206 valence electrons. The Balaban J connectivity index is 1.85. The standard InChI is InChI=1S/C30H36N4O5/c1-20-13-14-21-9-5-6-10-22(21)23(20)17-34-26-12-8-7-11-25(26)33(27(35)19-39-16-15-38-4)18-24(28(34)36)30(2,32-3)29(31)37/h5-14,24,32H,15-19H2,1-4H3,(H2,31,37)/t24-,30?/m1/s1. The van der Waals surface area contributed by atoms with Gasteiger partial charge in [-0.25, -0.2) is 0 Å². The van der Waals surface area contributed by atoms with Gasteiger partial charge < -0.3 is 30.3 Å². The third kappa shape index (κ3) is 5.52. The fourth-order valence-corrected chi connectivity index (χ4v) is 5.08. The summed E-state index contributed by atoms with van der Waals surface area (Å²) in [6.07, 6.45) is 0. The second kappa shape index (κ2) is 11.9. The Kier molecular flexibility index (Phi) is 8.64. The van der Waals surface area contributed by atoms with E-state index in [0.29, 0.717) is 18.0 Å². The molecule has 0 aromatic heterocycles. The molecule has 0 saturated carbocycles. The van der Waals surface area contributed by atoms with Crippen molar-refractivity contribution in [2.75, 3.05) is 50.3 Å². The molecule has 0 bridgehead atoms. The fourth-order valence-electron chi connectivity index (χ4n) is 5.08. The molecule has 1 aliphatic heterocycles. The van der Waals surface area contributed by atoms with Crippen molar-refractivity contribution in [1.29, 1.82) is 0 Å². The number of carbonyl (C=O) groups excluding carboxylic acids is 3. The minimum absolute atomic E-state index is 0.0480. The molecule has 3 N–H and O–H groups in total. The molecular weight excluding hydrogens is 496 g/mol. The Morgan fingerprint density at radius 3 is 2.44 bits per heavy atom. The fraction of sp³-hybridized carbons (Fsp3) is 0.367. The molecule has 0 aliphatic carbocycles. The molecule has 0 spiro atoms. The summed E-state index contributed by atoms with van der Waals surface area (Å²) in [7, 11) is 3.15. The zero-order valence-electron chi connectivity index (χ0n) is 22.9. The molecule has 4 rings (SSSR count). The summed E-state index contributed by atoms with van der Waals surface area (Å²) in [6, 6.07) is 19.4. The lowest BCUT2D eigenvalue weighted by Gasteiger charge is -2.36. The van der Waals surface area contributed by atoms with Gasteiger partial charge in [0.25, 0.3) is 5.91 Å². The summed E-state index contributed by atoms with van der Waals surface area (Å²) in [5.41, 5.74) is 7.59. The number of primary amides is 1. The molecule has 1 aliphatic rings. The lowest BCUT2D eigenvalue weighted by molar-refractivity contribution is -0.134. The van der Waals surface area contributed by atoms with E-state index in [1.807, 2.05) is 61.5 Å². The van der Waals surface area contributed by atoms with E-state index in [2.05, 4.69) is 11.4 Å². The maximum Gasteiger partial charge on any atom is 0.253 e. The summed E-state index contributed by atoms with van der Waals surface area (Å²) in [4.78, 5) is 43.9. The predicted molar refractivity (Wildman–Crippen MR) is 152 cm³/mol. The summed E-state index contributed by atoms with van der Waals surface area (Å²) < 4.78 is 10.5. The van der Waals surface area contributed by atoms with Crippen molar-refractivity contribution in [1.82, 2.24) is 5.32 Å². The third-order valence-corrected chi connectivity index (χ3v) is 7.67. The quantitative estimate of drug-likeness (QED) is 0.388. The van der Waals surface area contributed by atoms with Crippen LogP contribution in [0.4, 0.5) is 11.4 Å². The van der Waals surface area contributed by atoms with Gasteiger partial charge in [-0.2, -0.15) is 0 Å². The van der Waals surface area contributed by atoms with Gasteiger partial charge in [0.15, 0.2) is 0 Å². The highest BCUT2D eigenvalue weighted by molar-refractivity contribution is 6.08. The van der Waals surface area contributed by atoms with Crippen LogP contribution in [0.2, 0.25) is 0 Å². The molecule has 1 unspecified atom stereocenters. The van der Waals surface area contributed by atoms with Crippen molar-refractivity contribution >= 4 is 39.9 Å². The number of hydrogen-bond acceptors (Lipinski definition) is 6. The number of nitrogens with zero attached hydrogens (tertiary/aromatic N) is 2. The van der Waals surface area contributed by atoms with Crippen molar-refractivity contribution in [2.24, 2.45) is 11.7 Å². The second-order valence-corrected chi connectivity index (χ2v) is 9.91. The van der Waals surface area contributed by atoms with Gasteiger partial charge in [0.2, 0.25) is 11.8 Å². The first-order valence-corrected chi connectivity index (χ1v) is 13.0. The second-order valence-electron chi connectivity index (χ2n) is 9.91. The summed E-state index contributed by atoms with van der Waals surface area (Å²) in [6.45, 7) is 4.23. The maximum absolute atomic E-state index is 14.4. The van der Waals surface area contributed by atoms with Crippen molar-refractivity contribution in [3.8, 4) is 0 Å².